The molecule has 0 atom stereocenters. The number of imide groups is 1. The summed E-state index contributed by atoms with van der Waals surface area (Å²) in [6, 6.07) is 1.69. The van der Waals surface area contributed by atoms with Crippen molar-refractivity contribution in [2.75, 3.05) is 6.54 Å². The van der Waals surface area contributed by atoms with Crippen LogP contribution >= 0.6 is 43.2 Å². The summed E-state index contributed by atoms with van der Waals surface area (Å²) < 4.78 is 1.52. The first-order valence-corrected chi connectivity index (χ1v) is 7.95. The second-order valence-corrected chi connectivity index (χ2v) is 8.76. The van der Waals surface area contributed by atoms with Gasteiger partial charge in [0, 0.05) is 12.0 Å². The molecule has 0 saturated carbocycles. The van der Waals surface area contributed by atoms with E-state index in [-0.39, 0.29) is 30.6 Å². The van der Waals surface area contributed by atoms with Crippen LogP contribution in [-0.4, -0.2) is 29.0 Å². The van der Waals surface area contributed by atoms with Gasteiger partial charge in [0.15, 0.2) is 5.78 Å². The third kappa shape index (κ3) is 2.83. The zero-order valence-corrected chi connectivity index (χ0v) is 14.3. The van der Waals surface area contributed by atoms with Gasteiger partial charge in [-0.15, -0.1) is 11.3 Å². The van der Waals surface area contributed by atoms with E-state index in [1.165, 1.54) is 11.3 Å². The van der Waals surface area contributed by atoms with E-state index in [0.717, 1.165) is 8.69 Å². The molecule has 1 aliphatic heterocycles. The van der Waals surface area contributed by atoms with E-state index in [2.05, 4.69) is 31.9 Å². The number of nitrogens with zero attached hydrogens (tertiary/aromatic N) is 1. The maximum absolute atomic E-state index is 12.1. The Morgan fingerprint density at radius 3 is 2.47 bits per heavy atom. The quantitative estimate of drug-likeness (QED) is 0.569. The standard InChI is InChI=1S/C12H11Br2NO3S/c1-12(2)4-9(17)15(11(12)18)5-7(16)6-3-8(13)19-10(6)14/h3H,4-5H2,1-2H3. The molecule has 1 fully saturated rings. The van der Waals surface area contributed by atoms with Crippen molar-refractivity contribution in [3.63, 3.8) is 0 Å². The van der Waals surface area contributed by atoms with Crippen LogP contribution in [0.1, 0.15) is 30.6 Å². The minimum atomic E-state index is -0.705. The summed E-state index contributed by atoms with van der Waals surface area (Å²) in [5.41, 5.74) is -0.216. The molecule has 0 N–H and O–H groups in total. The molecule has 1 aromatic rings. The molecule has 0 aliphatic carbocycles. The molecule has 1 saturated heterocycles. The number of thiophene rings is 1. The van der Waals surface area contributed by atoms with Crippen LogP contribution in [0.2, 0.25) is 0 Å². The lowest BCUT2D eigenvalue weighted by atomic mass is 9.92. The largest absolute Gasteiger partial charge is 0.292 e. The Morgan fingerprint density at radius 1 is 1.42 bits per heavy atom. The normalized spacial score (nSPS) is 18.2. The zero-order chi connectivity index (χ0) is 14.4. The van der Waals surface area contributed by atoms with Crippen molar-refractivity contribution in [1.82, 2.24) is 4.90 Å². The van der Waals surface area contributed by atoms with Crippen LogP contribution in [-0.2, 0) is 9.59 Å². The minimum absolute atomic E-state index is 0.160. The van der Waals surface area contributed by atoms with Gasteiger partial charge in [-0.3, -0.25) is 19.3 Å². The number of hydrogen-bond acceptors (Lipinski definition) is 4. The first-order valence-electron chi connectivity index (χ1n) is 5.55. The molecule has 0 spiro atoms. The lowest BCUT2D eigenvalue weighted by Gasteiger charge is -2.16. The molecule has 19 heavy (non-hydrogen) atoms. The van der Waals surface area contributed by atoms with Crippen LogP contribution in [0.15, 0.2) is 13.6 Å². The number of amides is 2. The van der Waals surface area contributed by atoms with Crippen molar-refractivity contribution in [3.05, 3.63) is 19.2 Å². The summed E-state index contributed by atoms with van der Waals surface area (Å²) in [6.07, 6.45) is 0.160. The van der Waals surface area contributed by atoms with Gasteiger partial charge in [0.25, 0.3) is 0 Å². The lowest BCUT2D eigenvalue weighted by Crippen LogP contribution is -2.37. The highest BCUT2D eigenvalue weighted by molar-refractivity contribution is 9.12. The van der Waals surface area contributed by atoms with Crippen LogP contribution < -0.4 is 0 Å². The molecule has 2 amide bonds. The summed E-state index contributed by atoms with van der Waals surface area (Å²) in [5, 5.41) is 0. The molecule has 4 nitrogen and oxygen atoms in total. The third-order valence-electron chi connectivity index (χ3n) is 2.98. The number of carbonyl (C=O) groups excluding carboxylic acids is 3. The second kappa shape index (κ2) is 5.10. The summed E-state index contributed by atoms with van der Waals surface area (Å²) in [5.74, 6) is -0.807. The van der Waals surface area contributed by atoms with Gasteiger partial charge in [-0.25, -0.2) is 0 Å². The average Bonchev–Trinajstić information content (AvgIpc) is 2.71. The van der Waals surface area contributed by atoms with Crippen molar-refractivity contribution in [1.29, 1.82) is 0 Å². The maximum Gasteiger partial charge on any atom is 0.235 e. The number of rotatable bonds is 3. The van der Waals surface area contributed by atoms with E-state index in [4.69, 9.17) is 0 Å². The van der Waals surface area contributed by atoms with Crippen LogP contribution in [0, 0.1) is 5.41 Å². The Morgan fingerprint density at radius 2 is 2.05 bits per heavy atom. The molecule has 2 heterocycles. The van der Waals surface area contributed by atoms with Crippen molar-refractivity contribution in [3.8, 4) is 0 Å². The molecule has 1 aliphatic rings. The Balaban J connectivity index is 2.18. The van der Waals surface area contributed by atoms with Crippen molar-refractivity contribution < 1.29 is 14.4 Å². The zero-order valence-electron chi connectivity index (χ0n) is 10.3. The fourth-order valence-electron chi connectivity index (χ4n) is 1.95. The SMILES string of the molecule is CC1(C)CC(=O)N(CC(=O)c2cc(Br)sc2Br)C1=O. The molecule has 2 rings (SSSR count). The monoisotopic (exact) mass is 407 g/mol. The van der Waals surface area contributed by atoms with E-state index in [1.54, 1.807) is 19.9 Å². The maximum atomic E-state index is 12.1. The van der Waals surface area contributed by atoms with Crippen molar-refractivity contribution in [2.45, 2.75) is 20.3 Å². The van der Waals surface area contributed by atoms with E-state index in [0.29, 0.717) is 9.35 Å². The van der Waals surface area contributed by atoms with Crippen LogP contribution in [0.4, 0.5) is 0 Å². The highest BCUT2D eigenvalue weighted by Gasteiger charge is 2.45. The first-order chi connectivity index (χ1) is 8.72. The van der Waals surface area contributed by atoms with E-state index in [1.807, 2.05) is 0 Å². The summed E-state index contributed by atoms with van der Waals surface area (Å²) in [7, 11) is 0. The number of hydrogen-bond donors (Lipinski definition) is 0. The molecular formula is C12H11Br2NO3S. The number of halogens is 2. The fraction of sp³-hybridized carbons (Fsp3) is 0.417. The number of likely N-dealkylation sites (tertiary alicyclic amines) is 1. The van der Waals surface area contributed by atoms with Crippen molar-refractivity contribution in [2.24, 2.45) is 5.41 Å². The minimum Gasteiger partial charge on any atom is -0.292 e. The summed E-state index contributed by atoms with van der Waals surface area (Å²) in [4.78, 5) is 37.0. The van der Waals surface area contributed by atoms with Gasteiger partial charge in [-0.2, -0.15) is 0 Å². The molecule has 0 unspecified atom stereocenters. The molecule has 102 valence electrons. The van der Waals surface area contributed by atoms with E-state index in [9.17, 15) is 14.4 Å². The predicted octanol–water partition coefficient (Wildman–Crippen LogP) is 3.24. The van der Waals surface area contributed by atoms with Crippen LogP contribution in [0.5, 0.6) is 0 Å². The third-order valence-corrected chi connectivity index (χ3v) is 5.32. The Hall–Kier alpha value is -0.530. The number of ketones is 1. The Labute approximate surface area is 131 Å². The Kier molecular flexibility index (Phi) is 3.99. The molecule has 1 aromatic heterocycles. The lowest BCUT2D eigenvalue weighted by molar-refractivity contribution is -0.140. The van der Waals surface area contributed by atoms with Crippen LogP contribution in [0.25, 0.3) is 0 Å². The molecule has 0 bridgehead atoms. The van der Waals surface area contributed by atoms with Gasteiger partial charge in [0.05, 0.1) is 19.5 Å². The topological polar surface area (TPSA) is 54.5 Å². The van der Waals surface area contributed by atoms with Gasteiger partial charge < -0.3 is 0 Å². The number of Topliss-reactive ketones (excluding diaryl/α,β-unsaturated/α-hetero) is 1. The average molecular weight is 409 g/mol. The highest BCUT2D eigenvalue weighted by atomic mass is 79.9. The molecule has 7 heteroatoms. The molecule has 0 aromatic carbocycles. The van der Waals surface area contributed by atoms with E-state index >= 15 is 0 Å². The first kappa shape index (κ1) is 14.9. The number of carbonyl (C=O) groups is 3. The van der Waals surface area contributed by atoms with Gasteiger partial charge in [0.2, 0.25) is 11.8 Å². The van der Waals surface area contributed by atoms with Gasteiger partial charge >= 0.3 is 0 Å². The van der Waals surface area contributed by atoms with E-state index < -0.39 is 5.41 Å². The predicted molar refractivity (Wildman–Crippen MR) is 79.2 cm³/mol. The fourth-order valence-corrected chi connectivity index (χ4v) is 4.80. The van der Waals surface area contributed by atoms with Crippen LogP contribution in [0.3, 0.4) is 0 Å². The van der Waals surface area contributed by atoms with Gasteiger partial charge in [0.1, 0.15) is 0 Å². The van der Waals surface area contributed by atoms with Gasteiger partial charge in [-0.05, 0) is 37.9 Å². The molecular weight excluding hydrogens is 398 g/mol. The summed E-state index contributed by atoms with van der Waals surface area (Å²) >= 11 is 7.97. The van der Waals surface area contributed by atoms with Gasteiger partial charge in [-0.1, -0.05) is 13.8 Å². The van der Waals surface area contributed by atoms with Crippen molar-refractivity contribution >= 4 is 60.8 Å². The highest BCUT2D eigenvalue weighted by Crippen LogP contribution is 2.34. The second-order valence-electron chi connectivity index (χ2n) is 5.01. The Bertz CT molecular complexity index is 580. The smallest absolute Gasteiger partial charge is 0.235 e. The summed E-state index contributed by atoms with van der Waals surface area (Å²) in [6.45, 7) is 3.24. The molecule has 0 radical (unpaired) electrons.